The Balaban J connectivity index is 2.09. The van der Waals surface area contributed by atoms with E-state index in [4.69, 9.17) is 4.74 Å². The summed E-state index contributed by atoms with van der Waals surface area (Å²) >= 11 is 0. The predicted octanol–water partition coefficient (Wildman–Crippen LogP) is 2.97. The lowest BCUT2D eigenvalue weighted by Crippen LogP contribution is -1.95. The van der Waals surface area contributed by atoms with E-state index >= 15 is 0 Å². The molecule has 0 aliphatic carbocycles. The molecule has 0 fully saturated rings. The van der Waals surface area contributed by atoms with E-state index in [1.54, 1.807) is 13.2 Å². The molecule has 2 rings (SSSR count). The number of rotatable bonds is 3. The maximum Gasteiger partial charge on any atom is 0.276 e. The highest BCUT2D eigenvalue weighted by Gasteiger charge is 1.97. The molecule has 0 aliphatic rings. The number of pyridine rings is 1. The summed E-state index contributed by atoms with van der Waals surface area (Å²) in [5.41, 5.74) is 0.983. The molecular formula is C13H13N2O+. The van der Waals surface area contributed by atoms with Gasteiger partial charge in [-0.25, -0.2) is 0 Å². The zero-order valence-corrected chi connectivity index (χ0v) is 9.18. The fourth-order valence-electron chi connectivity index (χ4n) is 1.47. The number of benzene rings is 1. The Morgan fingerprint density at radius 3 is 3.19 bits per heavy atom. The minimum absolute atomic E-state index is 0.600. The summed E-state index contributed by atoms with van der Waals surface area (Å²) in [5, 5.41) is 1.09. The molecule has 0 N–H and O–H groups in total. The van der Waals surface area contributed by atoms with Gasteiger partial charge in [0.05, 0.1) is 5.52 Å². The molecule has 0 unspecified atom stereocenters. The minimum Gasteiger partial charge on any atom is -0.492 e. The van der Waals surface area contributed by atoms with Crippen LogP contribution in [0.3, 0.4) is 0 Å². The minimum atomic E-state index is 0.600. The Labute approximate surface area is 94.5 Å². The van der Waals surface area contributed by atoms with E-state index in [1.165, 1.54) is 0 Å². The average Bonchev–Trinajstić information content (AvgIpc) is 2.34. The summed E-state index contributed by atoms with van der Waals surface area (Å²) in [4.78, 5) is 8.03. The third-order valence-electron chi connectivity index (χ3n) is 2.22. The van der Waals surface area contributed by atoms with Crippen LogP contribution in [0.5, 0.6) is 5.75 Å². The van der Waals surface area contributed by atoms with Gasteiger partial charge in [-0.15, -0.1) is 0 Å². The zero-order valence-electron chi connectivity index (χ0n) is 9.18. The third-order valence-corrected chi connectivity index (χ3v) is 2.22. The molecule has 0 spiro atoms. The van der Waals surface area contributed by atoms with E-state index in [0.717, 1.165) is 16.7 Å². The Morgan fingerprint density at radius 1 is 1.38 bits per heavy atom. The van der Waals surface area contributed by atoms with Crippen LogP contribution in [0.2, 0.25) is 0 Å². The van der Waals surface area contributed by atoms with Crippen LogP contribution in [0.15, 0.2) is 36.5 Å². The van der Waals surface area contributed by atoms with Crippen molar-refractivity contribution in [2.45, 2.75) is 6.42 Å². The van der Waals surface area contributed by atoms with Crippen LogP contribution in [-0.4, -0.2) is 18.6 Å². The number of nitrogens with zero attached hydrogens (tertiary/aromatic N) is 2. The Kier molecular flexibility index (Phi) is 3.35. The fraction of sp³-hybridized carbons (Fsp3) is 0.231. The van der Waals surface area contributed by atoms with E-state index in [0.29, 0.717) is 13.0 Å². The Morgan fingerprint density at radius 2 is 2.31 bits per heavy atom. The molecule has 3 nitrogen and oxygen atoms in total. The van der Waals surface area contributed by atoms with Gasteiger partial charge in [0.25, 0.3) is 13.1 Å². The van der Waals surface area contributed by atoms with Crippen molar-refractivity contribution in [1.82, 2.24) is 4.98 Å². The molecule has 0 aliphatic heterocycles. The molecule has 2 aromatic rings. The monoisotopic (exact) mass is 213 g/mol. The summed E-state index contributed by atoms with van der Waals surface area (Å²) in [5.74, 6) is 0.860. The van der Waals surface area contributed by atoms with Crippen molar-refractivity contribution >= 4 is 10.9 Å². The summed E-state index contributed by atoms with van der Waals surface area (Å²) in [6.45, 7) is 0.600. The lowest BCUT2D eigenvalue weighted by Gasteiger charge is -2.03. The molecular weight excluding hydrogens is 200 g/mol. The van der Waals surface area contributed by atoms with Crippen molar-refractivity contribution in [3.8, 4) is 11.8 Å². The summed E-state index contributed by atoms with van der Waals surface area (Å²) < 4.78 is 5.57. The molecule has 80 valence electrons. The highest BCUT2D eigenvalue weighted by Crippen LogP contribution is 2.18. The van der Waals surface area contributed by atoms with Gasteiger partial charge in [0.2, 0.25) is 0 Å². The first-order valence-corrected chi connectivity index (χ1v) is 5.19. The largest absolute Gasteiger partial charge is 0.492 e. The topological polar surface area (TPSA) is 26.5 Å². The second-order valence-electron chi connectivity index (χ2n) is 3.34. The fourth-order valence-corrected chi connectivity index (χ4v) is 1.47. The molecule has 1 aromatic carbocycles. The zero-order chi connectivity index (χ0) is 11.2. The van der Waals surface area contributed by atoms with Crippen LogP contribution in [-0.2, 0) is 0 Å². The van der Waals surface area contributed by atoms with Gasteiger partial charge >= 0.3 is 0 Å². The molecule has 0 saturated carbocycles. The quantitative estimate of drug-likeness (QED) is 0.733. The van der Waals surface area contributed by atoms with Gasteiger partial charge in [-0.05, 0) is 24.3 Å². The number of hydrogen-bond acceptors (Lipinski definition) is 2. The van der Waals surface area contributed by atoms with Crippen molar-refractivity contribution < 1.29 is 4.74 Å². The first kappa shape index (κ1) is 10.4. The maximum atomic E-state index is 5.57. The van der Waals surface area contributed by atoms with Crippen LogP contribution in [0.1, 0.15) is 6.42 Å². The average molecular weight is 213 g/mol. The second kappa shape index (κ2) is 5.13. The molecule has 1 heterocycles. The van der Waals surface area contributed by atoms with Crippen LogP contribution in [0.25, 0.3) is 15.7 Å². The van der Waals surface area contributed by atoms with Crippen molar-refractivity contribution in [3.05, 3.63) is 41.4 Å². The van der Waals surface area contributed by atoms with Crippen LogP contribution in [0.4, 0.5) is 0 Å². The molecule has 3 heteroatoms. The first-order chi connectivity index (χ1) is 7.90. The standard InChI is InChI=1S/C13H13N2O/c1-14-7-3-9-16-12-5-6-13-11(10-12)4-2-8-15-13/h2,4-6,8,10H,3,9H2,1H3/q+1. The van der Waals surface area contributed by atoms with Crippen molar-refractivity contribution in [1.29, 1.82) is 0 Å². The molecule has 0 saturated heterocycles. The van der Waals surface area contributed by atoms with Crippen LogP contribution >= 0.6 is 0 Å². The van der Waals surface area contributed by atoms with Gasteiger partial charge < -0.3 is 4.74 Å². The number of aromatic nitrogens is 1. The Bertz CT molecular complexity index is 540. The van der Waals surface area contributed by atoms with Crippen molar-refractivity contribution in [2.75, 3.05) is 13.7 Å². The lowest BCUT2D eigenvalue weighted by molar-refractivity contribution is 0.327. The molecule has 1 aromatic heterocycles. The van der Waals surface area contributed by atoms with Gasteiger partial charge in [0.15, 0.2) is 0 Å². The molecule has 0 amide bonds. The summed E-state index contributed by atoms with van der Waals surface area (Å²) in [7, 11) is 1.71. The maximum absolute atomic E-state index is 5.57. The first-order valence-electron chi connectivity index (χ1n) is 5.19. The highest BCUT2D eigenvalue weighted by molar-refractivity contribution is 5.79. The van der Waals surface area contributed by atoms with E-state index in [2.05, 4.69) is 15.9 Å². The molecule has 16 heavy (non-hydrogen) atoms. The Hall–Kier alpha value is -2.08. The second-order valence-corrected chi connectivity index (χ2v) is 3.34. The van der Waals surface area contributed by atoms with Crippen molar-refractivity contribution in [2.24, 2.45) is 0 Å². The SMILES string of the molecule is C[N+]#CCCOc1ccc2ncccc2c1. The van der Waals surface area contributed by atoms with E-state index in [-0.39, 0.29) is 0 Å². The van der Waals surface area contributed by atoms with Crippen LogP contribution < -0.4 is 4.74 Å². The summed E-state index contributed by atoms with van der Waals surface area (Å²) in [6.07, 6.45) is 2.50. The van der Waals surface area contributed by atoms with E-state index in [9.17, 15) is 0 Å². The van der Waals surface area contributed by atoms with Gasteiger partial charge in [-0.3, -0.25) is 4.98 Å². The van der Waals surface area contributed by atoms with Crippen molar-refractivity contribution in [3.63, 3.8) is 0 Å². The van der Waals surface area contributed by atoms with Gasteiger partial charge in [-0.1, -0.05) is 10.9 Å². The van der Waals surface area contributed by atoms with Crippen LogP contribution in [0, 0.1) is 6.07 Å². The molecule has 0 radical (unpaired) electrons. The highest BCUT2D eigenvalue weighted by atomic mass is 16.5. The van der Waals surface area contributed by atoms with Gasteiger partial charge in [0.1, 0.15) is 18.8 Å². The van der Waals surface area contributed by atoms with E-state index in [1.807, 2.05) is 30.3 Å². The smallest absolute Gasteiger partial charge is 0.276 e. The normalized spacial score (nSPS) is 9.56. The van der Waals surface area contributed by atoms with E-state index < -0.39 is 0 Å². The number of fused-ring (bicyclic) bond motifs is 1. The molecule has 0 atom stereocenters. The molecule has 0 bridgehead atoms. The lowest BCUT2D eigenvalue weighted by atomic mass is 10.2. The van der Waals surface area contributed by atoms with Gasteiger partial charge in [0, 0.05) is 11.6 Å². The van der Waals surface area contributed by atoms with Gasteiger partial charge in [-0.2, -0.15) is 0 Å². The number of hydrogen-bond donors (Lipinski definition) is 0. The number of ether oxygens (including phenoxy) is 1. The summed E-state index contributed by atoms with van der Waals surface area (Å²) in [6, 6.07) is 12.7. The predicted molar refractivity (Wildman–Crippen MR) is 65.0 cm³/mol. The third kappa shape index (κ3) is 2.48.